The smallest absolute Gasteiger partial charge is 0.251 e. The van der Waals surface area contributed by atoms with Gasteiger partial charge in [-0.1, -0.05) is 24.9 Å². The van der Waals surface area contributed by atoms with Crippen LogP contribution in [0.5, 0.6) is 5.75 Å². The summed E-state index contributed by atoms with van der Waals surface area (Å²) in [6, 6.07) is 7.41. The maximum atomic E-state index is 12.3. The summed E-state index contributed by atoms with van der Waals surface area (Å²) in [7, 11) is 0. The predicted octanol–water partition coefficient (Wildman–Crippen LogP) is 3.27. The Morgan fingerprint density at radius 3 is 2.79 bits per heavy atom. The molecule has 1 aliphatic carbocycles. The first-order chi connectivity index (χ1) is 11.6. The number of rotatable bonds is 5. The largest absolute Gasteiger partial charge is 0.485 e. The lowest BCUT2D eigenvalue weighted by Gasteiger charge is -2.27. The summed E-state index contributed by atoms with van der Waals surface area (Å²) < 4.78 is 10.5. The van der Waals surface area contributed by atoms with Crippen LogP contribution in [0.1, 0.15) is 54.7 Å². The van der Waals surface area contributed by atoms with Gasteiger partial charge in [-0.05, 0) is 43.0 Å². The molecule has 1 aromatic heterocycles. The SMILES string of the molecule is Cc1nc(COc2ccc(C(=O)N[C@@H]3CCC[C@H](C)C3)cc2)no1. The first kappa shape index (κ1) is 16.5. The van der Waals surface area contributed by atoms with Crippen LogP contribution in [-0.4, -0.2) is 22.1 Å². The highest BCUT2D eigenvalue weighted by atomic mass is 16.5. The molecule has 1 aromatic carbocycles. The molecule has 1 saturated carbocycles. The molecule has 1 heterocycles. The minimum absolute atomic E-state index is 0.0190. The molecule has 0 saturated heterocycles. The van der Waals surface area contributed by atoms with Crippen molar-refractivity contribution in [2.45, 2.75) is 52.2 Å². The fraction of sp³-hybridized carbons (Fsp3) is 0.500. The molecule has 128 valence electrons. The topological polar surface area (TPSA) is 77.2 Å². The van der Waals surface area contributed by atoms with Gasteiger partial charge in [-0.3, -0.25) is 4.79 Å². The average Bonchev–Trinajstić information content (AvgIpc) is 2.99. The predicted molar refractivity (Wildman–Crippen MR) is 88.7 cm³/mol. The summed E-state index contributed by atoms with van der Waals surface area (Å²) in [5, 5.41) is 6.91. The van der Waals surface area contributed by atoms with Crippen molar-refractivity contribution in [3.63, 3.8) is 0 Å². The van der Waals surface area contributed by atoms with E-state index in [1.54, 1.807) is 31.2 Å². The number of hydrogen-bond acceptors (Lipinski definition) is 5. The van der Waals surface area contributed by atoms with Gasteiger partial charge in [0.15, 0.2) is 6.61 Å². The first-order valence-electron chi connectivity index (χ1n) is 8.43. The van der Waals surface area contributed by atoms with E-state index in [0.717, 1.165) is 12.8 Å². The van der Waals surface area contributed by atoms with Crippen LogP contribution in [0.25, 0.3) is 0 Å². The van der Waals surface area contributed by atoms with Crippen LogP contribution >= 0.6 is 0 Å². The van der Waals surface area contributed by atoms with Gasteiger partial charge in [0, 0.05) is 18.5 Å². The number of carbonyl (C=O) groups is 1. The number of benzene rings is 1. The van der Waals surface area contributed by atoms with Crippen molar-refractivity contribution in [2.75, 3.05) is 0 Å². The first-order valence-corrected chi connectivity index (χ1v) is 8.43. The van der Waals surface area contributed by atoms with E-state index in [4.69, 9.17) is 9.26 Å². The van der Waals surface area contributed by atoms with Crippen LogP contribution in [0.4, 0.5) is 0 Å². The molecule has 0 spiro atoms. The highest BCUT2D eigenvalue weighted by Gasteiger charge is 2.20. The Kier molecular flexibility index (Phi) is 5.13. The number of nitrogens with one attached hydrogen (secondary N) is 1. The van der Waals surface area contributed by atoms with E-state index in [9.17, 15) is 4.79 Å². The number of ether oxygens (including phenoxy) is 1. The van der Waals surface area contributed by atoms with Crippen molar-refractivity contribution in [3.8, 4) is 5.75 Å². The third-order valence-corrected chi connectivity index (χ3v) is 4.33. The molecule has 3 rings (SSSR count). The molecule has 1 aliphatic rings. The maximum Gasteiger partial charge on any atom is 0.251 e. The zero-order valence-corrected chi connectivity index (χ0v) is 14.1. The molecule has 6 heteroatoms. The number of aryl methyl sites for hydroxylation is 1. The van der Waals surface area contributed by atoms with Gasteiger partial charge in [0.25, 0.3) is 5.91 Å². The van der Waals surface area contributed by atoms with E-state index in [1.807, 2.05) is 0 Å². The number of hydrogen-bond donors (Lipinski definition) is 1. The third-order valence-electron chi connectivity index (χ3n) is 4.33. The van der Waals surface area contributed by atoms with E-state index in [2.05, 4.69) is 22.4 Å². The Hall–Kier alpha value is -2.37. The molecule has 24 heavy (non-hydrogen) atoms. The zero-order chi connectivity index (χ0) is 16.9. The summed E-state index contributed by atoms with van der Waals surface area (Å²) in [6.45, 7) is 4.22. The lowest BCUT2D eigenvalue weighted by molar-refractivity contribution is 0.0921. The van der Waals surface area contributed by atoms with E-state index >= 15 is 0 Å². The second-order valence-corrected chi connectivity index (χ2v) is 6.48. The number of amides is 1. The molecule has 6 nitrogen and oxygen atoms in total. The van der Waals surface area contributed by atoms with Crippen molar-refractivity contribution >= 4 is 5.91 Å². The number of aromatic nitrogens is 2. The Labute approximate surface area is 141 Å². The van der Waals surface area contributed by atoms with E-state index in [-0.39, 0.29) is 12.5 Å². The molecule has 2 atom stereocenters. The van der Waals surface area contributed by atoms with Crippen LogP contribution in [0.2, 0.25) is 0 Å². The highest BCUT2D eigenvalue weighted by Crippen LogP contribution is 2.24. The summed E-state index contributed by atoms with van der Waals surface area (Å²) in [5.74, 6) is 2.35. The van der Waals surface area contributed by atoms with Crippen LogP contribution in [0.15, 0.2) is 28.8 Å². The van der Waals surface area contributed by atoms with Crippen molar-refractivity contribution in [1.29, 1.82) is 0 Å². The van der Waals surface area contributed by atoms with Gasteiger partial charge in [-0.25, -0.2) is 0 Å². The molecule has 0 bridgehead atoms. The van der Waals surface area contributed by atoms with Gasteiger partial charge in [-0.15, -0.1) is 0 Å². The Morgan fingerprint density at radius 2 is 2.12 bits per heavy atom. The summed E-state index contributed by atoms with van der Waals surface area (Å²) >= 11 is 0. The van der Waals surface area contributed by atoms with Crippen molar-refractivity contribution in [1.82, 2.24) is 15.5 Å². The summed E-state index contributed by atoms with van der Waals surface area (Å²) in [4.78, 5) is 16.4. The van der Waals surface area contributed by atoms with Gasteiger partial charge in [0.1, 0.15) is 5.75 Å². The lowest BCUT2D eigenvalue weighted by Crippen LogP contribution is -2.37. The van der Waals surface area contributed by atoms with Crippen LogP contribution in [0, 0.1) is 12.8 Å². The monoisotopic (exact) mass is 329 g/mol. The molecular weight excluding hydrogens is 306 g/mol. The maximum absolute atomic E-state index is 12.3. The number of nitrogens with zero attached hydrogens (tertiary/aromatic N) is 2. The molecule has 1 fully saturated rings. The Balaban J connectivity index is 1.52. The van der Waals surface area contributed by atoms with E-state index < -0.39 is 0 Å². The number of carbonyl (C=O) groups excluding carboxylic acids is 1. The van der Waals surface area contributed by atoms with Crippen LogP contribution in [0.3, 0.4) is 0 Å². The van der Waals surface area contributed by atoms with Gasteiger partial charge in [0.2, 0.25) is 11.7 Å². The molecular formula is C18H23N3O3. The van der Waals surface area contributed by atoms with Gasteiger partial charge in [0.05, 0.1) is 0 Å². The van der Waals surface area contributed by atoms with Crippen molar-refractivity contribution in [2.24, 2.45) is 5.92 Å². The Bertz CT molecular complexity index is 681. The van der Waals surface area contributed by atoms with E-state index in [1.165, 1.54) is 12.8 Å². The zero-order valence-electron chi connectivity index (χ0n) is 14.1. The van der Waals surface area contributed by atoms with Crippen LogP contribution < -0.4 is 10.1 Å². The molecule has 0 aliphatic heterocycles. The minimum atomic E-state index is -0.0190. The average molecular weight is 329 g/mol. The lowest BCUT2D eigenvalue weighted by atomic mass is 9.87. The fourth-order valence-corrected chi connectivity index (χ4v) is 3.08. The van der Waals surface area contributed by atoms with Gasteiger partial charge < -0.3 is 14.6 Å². The molecule has 0 unspecified atom stereocenters. The fourth-order valence-electron chi connectivity index (χ4n) is 3.08. The van der Waals surface area contributed by atoms with Gasteiger partial charge in [-0.2, -0.15) is 4.98 Å². The second-order valence-electron chi connectivity index (χ2n) is 6.48. The molecule has 1 amide bonds. The third kappa shape index (κ3) is 4.34. The molecule has 1 N–H and O–H groups in total. The molecule has 2 aromatic rings. The van der Waals surface area contributed by atoms with Gasteiger partial charge >= 0.3 is 0 Å². The van der Waals surface area contributed by atoms with Crippen molar-refractivity contribution in [3.05, 3.63) is 41.5 Å². The highest BCUT2D eigenvalue weighted by molar-refractivity contribution is 5.94. The Morgan fingerprint density at radius 1 is 1.33 bits per heavy atom. The summed E-state index contributed by atoms with van der Waals surface area (Å²) in [5.41, 5.74) is 0.649. The van der Waals surface area contributed by atoms with E-state index in [0.29, 0.717) is 35.0 Å². The second kappa shape index (κ2) is 7.47. The normalized spacial score (nSPS) is 20.6. The quantitative estimate of drug-likeness (QED) is 0.911. The standard InChI is InChI=1S/C18H23N3O3/c1-12-4-3-5-15(10-12)20-18(22)14-6-8-16(9-7-14)23-11-17-19-13(2)24-21-17/h6-9,12,15H,3-5,10-11H2,1-2H3,(H,20,22)/t12-,15+/m0/s1. The summed E-state index contributed by atoms with van der Waals surface area (Å²) in [6.07, 6.45) is 4.59. The van der Waals surface area contributed by atoms with Crippen LogP contribution in [-0.2, 0) is 6.61 Å². The van der Waals surface area contributed by atoms with Crippen molar-refractivity contribution < 1.29 is 14.1 Å². The minimum Gasteiger partial charge on any atom is -0.485 e. The molecule has 0 radical (unpaired) electrons.